The molecule has 2 saturated heterocycles. The van der Waals surface area contributed by atoms with Crippen LogP contribution in [0.5, 0.6) is 5.88 Å². The molecule has 3 rings (SSSR count). The molecule has 6 heteroatoms. The Morgan fingerprint density at radius 3 is 2.96 bits per heavy atom. The summed E-state index contributed by atoms with van der Waals surface area (Å²) >= 11 is 0. The van der Waals surface area contributed by atoms with Crippen molar-refractivity contribution in [1.82, 2.24) is 4.98 Å². The molecule has 0 bridgehead atoms. The Hall–Kier alpha value is -1.92. The predicted molar refractivity (Wildman–Crippen MR) is 81.8 cm³/mol. The molecule has 0 spiro atoms. The number of allylic oxidation sites excluding steroid dienone is 1. The van der Waals surface area contributed by atoms with Crippen LogP contribution in [0.15, 0.2) is 30.5 Å². The number of carbonyl (C=O) groups is 1. The van der Waals surface area contributed by atoms with Crippen molar-refractivity contribution in [2.45, 2.75) is 25.6 Å². The maximum absolute atomic E-state index is 11.5. The number of pyridine rings is 1. The number of ether oxygens (including phenoxy) is 4. The molecule has 0 saturated carbocycles. The van der Waals surface area contributed by atoms with Crippen LogP contribution in [-0.2, 0) is 19.0 Å². The van der Waals surface area contributed by atoms with Crippen molar-refractivity contribution in [1.29, 1.82) is 0 Å². The van der Waals surface area contributed by atoms with Gasteiger partial charge >= 0.3 is 5.97 Å². The molecule has 23 heavy (non-hydrogen) atoms. The molecule has 0 N–H and O–H groups in total. The van der Waals surface area contributed by atoms with Crippen molar-refractivity contribution in [2.75, 3.05) is 26.4 Å². The zero-order valence-electron chi connectivity index (χ0n) is 13.0. The molecule has 2 aliphatic heterocycles. The van der Waals surface area contributed by atoms with Gasteiger partial charge in [0, 0.05) is 17.8 Å². The van der Waals surface area contributed by atoms with Gasteiger partial charge in [-0.1, -0.05) is 12.2 Å². The maximum atomic E-state index is 11.5. The van der Waals surface area contributed by atoms with Gasteiger partial charge in [-0.25, -0.2) is 4.98 Å². The molecule has 1 aromatic rings. The summed E-state index contributed by atoms with van der Waals surface area (Å²) in [5.41, 5.74) is 0.904. The first-order chi connectivity index (χ1) is 11.3. The number of carbonyl (C=O) groups excluding carboxylic acids is 1. The SMILES string of the molecule is O=C1OCCCC1C/C=C\COc1cc(C2OCCO2)ccn1. The van der Waals surface area contributed by atoms with Crippen LogP contribution < -0.4 is 4.74 Å². The Morgan fingerprint density at radius 2 is 2.13 bits per heavy atom. The third-order valence-corrected chi connectivity index (χ3v) is 3.84. The summed E-state index contributed by atoms with van der Waals surface area (Å²) in [6.07, 6.45) is 7.76. The van der Waals surface area contributed by atoms with Crippen LogP contribution in [0.25, 0.3) is 0 Å². The number of hydrogen-bond donors (Lipinski definition) is 0. The molecule has 0 aliphatic carbocycles. The molecular formula is C17H21NO5. The molecule has 1 atom stereocenters. The van der Waals surface area contributed by atoms with Gasteiger partial charge in [-0.2, -0.15) is 0 Å². The predicted octanol–water partition coefficient (Wildman–Crippen LogP) is 2.41. The highest BCUT2D eigenvalue weighted by Crippen LogP contribution is 2.25. The third kappa shape index (κ3) is 4.53. The van der Waals surface area contributed by atoms with Crippen LogP contribution in [0, 0.1) is 5.92 Å². The Kier molecular flexibility index (Phi) is 5.60. The Labute approximate surface area is 135 Å². The fraction of sp³-hybridized carbons (Fsp3) is 0.529. The summed E-state index contributed by atoms with van der Waals surface area (Å²) in [6, 6.07) is 3.68. The standard InChI is InChI=1S/C17H21NO5/c19-16-13(5-3-9-21-16)4-1-2-8-20-15-12-14(6-7-18-15)17-22-10-11-23-17/h1-2,6-7,12-13,17H,3-5,8-11H2/b2-1-. The topological polar surface area (TPSA) is 66.9 Å². The van der Waals surface area contributed by atoms with Crippen LogP contribution in [-0.4, -0.2) is 37.4 Å². The number of hydrogen-bond acceptors (Lipinski definition) is 6. The lowest BCUT2D eigenvalue weighted by molar-refractivity contribution is -0.152. The second kappa shape index (κ2) is 8.08. The normalized spacial score (nSPS) is 22.4. The summed E-state index contributed by atoms with van der Waals surface area (Å²) in [7, 11) is 0. The second-order valence-electron chi connectivity index (χ2n) is 5.53. The lowest BCUT2D eigenvalue weighted by atomic mass is 9.98. The van der Waals surface area contributed by atoms with E-state index in [0.717, 1.165) is 18.4 Å². The van der Waals surface area contributed by atoms with Crippen LogP contribution in [0.2, 0.25) is 0 Å². The Morgan fingerprint density at radius 1 is 1.26 bits per heavy atom. The van der Waals surface area contributed by atoms with E-state index in [1.165, 1.54) is 0 Å². The number of nitrogens with zero attached hydrogens (tertiary/aromatic N) is 1. The molecule has 1 unspecified atom stereocenters. The van der Waals surface area contributed by atoms with E-state index in [4.69, 9.17) is 18.9 Å². The van der Waals surface area contributed by atoms with Crippen molar-refractivity contribution in [2.24, 2.45) is 5.92 Å². The van der Waals surface area contributed by atoms with Crippen molar-refractivity contribution >= 4 is 5.97 Å². The Balaban J connectivity index is 1.44. The van der Waals surface area contributed by atoms with E-state index in [1.54, 1.807) is 6.20 Å². The molecule has 3 heterocycles. The zero-order chi connectivity index (χ0) is 15.9. The van der Waals surface area contributed by atoms with Crippen molar-refractivity contribution in [3.63, 3.8) is 0 Å². The average Bonchev–Trinajstić information content (AvgIpc) is 3.11. The lowest BCUT2D eigenvalue weighted by Crippen LogP contribution is -2.23. The van der Waals surface area contributed by atoms with Gasteiger partial charge < -0.3 is 18.9 Å². The van der Waals surface area contributed by atoms with Gasteiger partial charge in [-0.3, -0.25) is 4.79 Å². The molecule has 124 valence electrons. The van der Waals surface area contributed by atoms with E-state index in [-0.39, 0.29) is 18.2 Å². The summed E-state index contributed by atoms with van der Waals surface area (Å²) in [4.78, 5) is 15.7. The average molecular weight is 319 g/mol. The summed E-state index contributed by atoms with van der Waals surface area (Å²) in [6.45, 7) is 2.17. The van der Waals surface area contributed by atoms with Gasteiger partial charge in [0.15, 0.2) is 6.29 Å². The van der Waals surface area contributed by atoms with Crippen LogP contribution in [0.4, 0.5) is 0 Å². The van der Waals surface area contributed by atoms with Crippen molar-refractivity contribution in [3.8, 4) is 5.88 Å². The fourth-order valence-electron chi connectivity index (χ4n) is 2.62. The first kappa shape index (κ1) is 16.0. The minimum Gasteiger partial charge on any atom is -0.473 e. The molecule has 1 aromatic heterocycles. The second-order valence-corrected chi connectivity index (χ2v) is 5.53. The van der Waals surface area contributed by atoms with Crippen LogP contribution in [0.3, 0.4) is 0 Å². The largest absolute Gasteiger partial charge is 0.473 e. The number of esters is 1. The van der Waals surface area contributed by atoms with Gasteiger partial charge in [0.1, 0.15) is 6.61 Å². The van der Waals surface area contributed by atoms with E-state index >= 15 is 0 Å². The minimum absolute atomic E-state index is 0.0156. The number of rotatable bonds is 6. The quantitative estimate of drug-likeness (QED) is 0.592. The van der Waals surface area contributed by atoms with Gasteiger partial charge in [0.25, 0.3) is 0 Å². The first-order valence-electron chi connectivity index (χ1n) is 7.96. The van der Waals surface area contributed by atoms with E-state index in [0.29, 0.717) is 38.7 Å². The van der Waals surface area contributed by atoms with Gasteiger partial charge in [0.05, 0.1) is 25.7 Å². The zero-order valence-corrected chi connectivity index (χ0v) is 13.0. The van der Waals surface area contributed by atoms with Gasteiger partial charge in [-0.05, 0) is 25.3 Å². The van der Waals surface area contributed by atoms with Crippen LogP contribution >= 0.6 is 0 Å². The molecule has 0 amide bonds. The molecular weight excluding hydrogens is 298 g/mol. The summed E-state index contributed by atoms with van der Waals surface area (Å²) in [5, 5.41) is 0. The molecule has 2 aliphatic rings. The third-order valence-electron chi connectivity index (χ3n) is 3.84. The smallest absolute Gasteiger partial charge is 0.309 e. The van der Waals surface area contributed by atoms with E-state index in [2.05, 4.69) is 4.98 Å². The lowest BCUT2D eigenvalue weighted by Gasteiger charge is -2.19. The number of aromatic nitrogens is 1. The number of cyclic esters (lactones) is 1. The monoisotopic (exact) mass is 319 g/mol. The van der Waals surface area contributed by atoms with Crippen LogP contribution in [0.1, 0.15) is 31.1 Å². The van der Waals surface area contributed by atoms with E-state index in [9.17, 15) is 4.79 Å². The maximum Gasteiger partial charge on any atom is 0.309 e. The van der Waals surface area contributed by atoms with Crippen molar-refractivity contribution in [3.05, 3.63) is 36.0 Å². The molecule has 0 radical (unpaired) electrons. The Bertz CT molecular complexity index is 554. The highest BCUT2D eigenvalue weighted by molar-refractivity contribution is 5.73. The highest BCUT2D eigenvalue weighted by Gasteiger charge is 2.22. The van der Waals surface area contributed by atoms with E-state index < -0.39 is 0 Å². The molecule has 6 nitrogen and oxygen atoms in total. The first-order valence-corrected chi connectivity index (χ1v) is 7.96. The fourth-order valence-corrected chi connectivity index (χ4v) is 2.62. The summed E-state index contributed by atoms with van der Waals surface area (Å²) in [5.74, 6) is 0.425. The minimum atomic E-state index is -0.326. The summed E-state index contributed by atoms with van der Waals surface area (Å²) < 4.78 is 21.5. The highest BCUT2D eigenvalue weighted by atomic mass is 16.7. The molecule has 2 fully saturated rings. The van der Waals surface area contributed by atoms with Crippen molar-refractivity contribution < 1.29 is 23.7 Å². The molecule has 0 aromatic carbocycles. The van der Waals surface area contributed by atoms with E-state index in [1.807, 2.05) is 24.3 Å². The van der Waals surface area contributed by atoms with Gasteiger partial charge in [0.2, 0.25) is 5.88 Å². The van der Waals surface area contributed by atoms with Gasteiger partial charge in [-0.15, -0.1) is 0 Å².